The van der Waals surface area contributed by atoms with E-state index in [1.807, 2.05) is 0 Å². The van der Waals surface area contributed by atoms with Gasteiger partial charge >= 0.3 is 5.97 Å². The van der Waals surface area contributed by atoms with Crippen molar-refractivity contribution in [1.29, 1.82) is 0 Å². The normalized spacial score (nSPS) is 44.1. The molecule has 3 fully saturated rings. The smallest absolute Gasteiger partial charge is 0.309 e. The van der Waals surface area contributed by atoms with E-state index in [2.05, 4.69) is 0 Å². The number of methoxy groups -OCH3 is 1. The summed E-state index contributed by atoms with van der Waals surface area (Å²) in [5.74, 6) is -0.665. The number of ether oxygens (including phenoxy) is 3. The van der Waals surface area contributed by atoms with Gasteiger partial charge in [0.25, 0.3) is 0 Å². The molecule has 0 N–H and O–H groups in total. The van der Waals surface area contributed by atoms with Crippen LogP contribution < -0.4 is 0 Å². The molecule has 0 amide bonds. The summed E-state index contributed by atoms with van der Waals surface area (Å²) in [6.07, 6.45) is 1.51. The van der Waals surface area contributed by atoms with Gasteiger partial charge in [-0.3, -0.25) is 4.79 Å². The molecule has 1 spiro atoms. The molecule has 16 heavy (non-hydrogen) atoms. The van der Waals surface area contributed by atoms with Gasteiger partial charge in [0.15, 0.2) is 5.79 Å². The first-order valence-electron chi connectivity index (χ1n) is 5.68. The number of hydrogen-bond donors (Lipinski definition) is 0. The molecule has 1 saturated heterocycles. The summed E-state index contributed by atoms with van der Waals surface area (Å²) in [5.41, 5.74) is 0. The molecule has 2 saturated carbocycles. The Morgan fingerprint density at radius 2 is 2.12 bits per heavy atom. The van der Waals surface area contributed by atoms with Gasteiger partial charge in [0, 0.05) is 17.7 Å². The molecule has 4 unspecified atom stereocenters. The van der Waals surface area contributed by atoms with Crippen molar-refractivity contribution in [3.63, 3.8) is 0 Å². The van der Waals surface area contributed by atoms with Crippen LogP contribution in [0.2, 0.25) is 0 Å². The third-order valence-corrected chi connectivity index (χ3v) is 4.67. The zero-order valence-electron chi connectivity index (χ0n) is 9.15. The van der Waals surface area contributed by atoms with Gasteiger partial charge in [0.2, 0.25) is 0 Å². The van der Waals surface area contributed by atoms with Crippen LogP contribution in [0.3, 0.4) is 0 Å². The minimum atomic E-state index is -0.547. The number of fused-ring (bicyclic) bond motifs is 3. The first-order chi connectivity index (χ1) is 7.68. The van der Waals surface area contributed by atoms with E-state index in [1.165, 1.54) is 7.11 Å². The van der Waals surface area contributed by atoms with E-state index in [0.29, 0.717) is 13.2 Å². The topological polar surface area (TPSA) is 44.8 Å². The van der Waals surface area contributed by atoms with Crippen LogP contribution in [0.5, 0.6) is 0 Å². The maximum absolute atomic E-state index is 11.8. The molecule has 2 aliphatic carbocycles. The number of carbonyl (C=O) groups is 1. The summed E-state index contributed by atoms with van der Waals surface area (Å²) in [7, 11) is 1.42. The lowest BCUT2D eigenvalue weighted by Crippen LogP contribution is -2.39. The minimum Gasteiger partial charge on any atom is -0.469 e. The summed E-state index contributed by atoms with van der Waals surface area (Å²) in [4.78, 5) is 11.8. The molecule has 3 aliphatic rings. The fourth-order valence-electron chi connectivity index (χ4n) is 3.55. The third-order valence-electron chi connectivity index (χ3n) is 4.17. The Bertz CT molecular complexity index is 313. The first-order valence-corrected chi connectivity index (χ1v) is 6.11. The molecular weight excluding hydrogens is 232 g/mol. The van der Waals surface area contributed by atoms with Crippen molar-refractivity contribution in [3.8, 4) is 0 Å². The average molecular weight is 247 g/mol. The van der Waals surface area contributed by atoms with E-state index in [0.717, 1.165) is 12.8 Å². The second-order valence-corrected chi connectivity index (χ2v) is 5.34. The Morgan fingerprint density at radius 1 is 1.44 bits per heavy atom. The molecule has 0 aromatic carbocycles. The summed E-state index contributed by atoms with van der Waals surface area (Å²) in [5, 5.41) is 0.0486. The van der Waals surface area contributed by atoms with Crippen molar-refractivity contribution in [2.24, 2.45) is 17.8 Å². The SMILES string of the molecule is COC(=O)C1C2CC3(OCCO3)C1CC2Cl. The summed E-state index contributed by atoms with van der Waals surface area (Å²) in [6.45, 7) is 1.23. The van der Waals surface area contributed by atoms with Crippen molar-refractivity contribution in [2.75, 3.05) is 20.3 Å². The minimum absolute atomic E-state index is 0.0486. The number of carbonyl (C=O) groups excluding carboxylic acids is 1. The molecule has 1 heterocycles. The fraction of sp³-hybridized carbons (Fsp3) is 0.909. The van der Waals surface area contributed by atoms with Crippen LogP contribution >= 0.6 is 11.6 Å². The number of halogens is 1. The molecule has 0 radical (unpaired) electrons. The molecule has 90 valence electrons. The largest absolute Gasteiger partial charge is 0.469 e. The number of esters is 1. The van der Waals surface area contributed by atoms with Crippen molar-refractivity contribution >= 4 is 17.6 Å². The highest BCUT2D eigenvalue weighted by molar-refractivity contribution is 6.21. The molecule has 5 heteroatoms. The van der Waals surface area contributed by atoms with Gasteiger partial charge in [0.1, 0.15) is 0 Å². The maximum Gasteiger partial charge on any atom is 0.309 e. The van der Waals surface area contributed by atoms with E-state index in [-0.39, 0.29) is 29.1 Å². The van der Waals surface area contributed by atoms with Crippen LogP contribution in [-0.4, -0.2) is 37.5 Å². The van der Waals surface area contributed by atoms with Crippen LogP contribution in [0.1, 0.15) is 12.8 Å². The molecule has 0 aromatic rings. The van der Waals surface area contributed by atoms with E-state index in [4.69, 9.17) is 25.8 Å². The maximum atomic E-state index is 11.8. The van der Waals surface area contributed by atoms with Crippen molar-refractivity contribution in [1.82, 2.24) is 0 Å². The first kappa shape index (κ1) is 10.8. The Labute approximate surface area is 99.2 Å². The summed E-state index contributed by atoms with van der Waals surface area (Å²) < 4.78 is 16.3. The fourth-order valence-corrected chi connectivity index (χ4v) is 3.99. The molecule has 4 atom stereocenters. The Hall–Kier alpha value is -0.320. The van der Waals surface area contributed by atoms with Crippen molar-refractivity contribution in [3.05, 3.63) is 0 Å². The second-order valence-electron chi connectivity index (χ2n) is 4.78. The van der Waals surface area contributed by atoms with E-state index >= 15 is 0 Å². The van der Waals surface area contributed by atoms with Crippen molar-refractivity contribution in [2.45, 2.75) is 24.0 Å². The molecule has 0 aromatic heterocycles. The van der Waals surface area contributed by atoms with Gasteiger partial charge in [-0.15, -0.1) is 11.6 Å². The Kier molecular flexibility index (Phi) is 2.42. The lowest BCUT2D eigenvalue weighted by molar-refractivity contribution is -0.195. The van der Waals surface area contributed by atoms with Crippen LogP contribution in [0.4, 0.5) is 0 Å². The van der Waals surface area contributed by atoms with E-state index in [9.17, 15) is 4.79 Å². The quantitative estimate of drug-likeness (QED) is 0.515. The van der Waals surface area contributed by atoms with Crippen LogP contribution in [-0.2, 0) is 19.0 Å². The van der Waals surface area contributed by atoms with Gasteiger partial charge in [-0.05, 0) is 12.3 Å². The van der Waals surface area contributed by atoms with Crippen LogP contribution in [0.25, 0.3) is 0 Å². The summed E-state index contributed by atoms with van der Waals surface area (Å²) >= 11 is 6.25. The average Bonchev–Trinajstić information content (AvgIpc) is 2.93. The Morgan fingerprint density at radius 3 is 2.75 bits per heavy atom. The lowest BCUT2D eigenvalue weighted by atomic mass is 9.93. The number of rotatable bonds is 1. The predicted molar refractivity (Wildman–Crippen MR) is 56.0 cm³/mol. The van der Waals surface area contributed by atoms with Crippen molar-refractivity contribution < 1.29 is 19.0 Å². The van der Waals surface area contributed by atoms with E-state index in [1.54, 1.807) is 0 Å². The lowest BCUT2D eigenvalue weighted by Gasteiger charge is -2.33. The molecule has 1 aliphatic heterocycles. The predicted octanol–water partition coefficient (Wildman–Crippen LogP) is 1.17. The monoisotopic (exact) mass is 246 g/mol. The second kappa shape index (κ2) is 3.59. The highest BCUT2D eigenvalue weighted by Crippen LogP contribution is 2.59. The zero-order chi connectivity index (χ0) is 11.3. The van der Waals surface area contributed by atoms with Gasteiger partial charge in [-0.25, -0.2) is 0 Å². The third kappa shape index (κ3) is 1.27. The van der Waals surface area contributed by atoms with Crippen LogP contribution in [0, 0.1) is 17.8 Å². The molecule has 2 bridgehead atoms. The van der Waals surface area contributed by atoms with Gasteiger partial charge in [0.05, 0.1) is 26.2 Å². The highest BCUT2D eigenvalue weighted by atomic mass is 35.5. The van der Waals surface area contributed by atoms with Gasteiger partial charge in [-0.1, -0.05) is 0 Å². The molecule has 3 rings (SSSR count). The number of hydrogen-bond acceptors (Lipinski definition) is 4. The summed E-state index contributed by atoms with van der Waals surface area (Å²) in [6, 6.07) is 0. The molecular formula is C11H15ClO4. The molecule has 4 nitrogen and oxygen atoms in total. The van der Waals surface area contributed by atoms with Gasteiger partial charge in [-0.2, -0.15) is 0 Å². The Balaban J connectivity index is 1.89. The number of alkyl halides is 1. The highest BCUT2D eigenvalue weighted by Gasteiger charge is 2.66. The van der Waals surface area contributed by atoms with Gasteiger partial charge < -0.3 is 14.2 Å². The van der Waals surface area contributed by atoms with Crippen LogP contribution in [0.15, 0.2) is 0 Å². The zero-order valence-corrected chi connectivity index (χ0v) is 9.90. The standard InChI is InChI=1S/C11H15ClO4/c1-14-10(13)9-6-5-11(15-2-3-16-11)7(9)4-8(6)12/h6-9H,2-5H2,1H3. The van der Waals surface area contributed by atoms with E-state index < -0.39 is 5.79 Å².